The van der Waals surface area contributed by atoms with Crippen LogP contribution in [-0.4, -0.2) is 21.6 Å². The van der Waals surface area contributed by atoms with Gasteiger partial charge in [-0.1, -0.05) is 25.1 Å². The van der Waals surface area contributed by atoms with Gasteiger partial charge in [-0.05, 0) is 55.9 Å². The first kappa shape index (κ1) is 17.3. The molecule has 0 unspecified atom stereocenters. The highest BCUT2D eigenvalue weighted by Crippen LogP contribution is 2.25. The average molecular weight is 358 g/mol. The Morgan fingerprint density at radius 1 is 1.15 bits per heavy atom. The van der Waals surface area contributed by atoms with Crippen LogP contribution in [0.15, 0.2) is 60.0 Å². The number of hydrogen-bond donors (Lipinski definition) is 1. The zero-order valence-electron chi connectivity index (χ0n) is 15.4. The number of fused-ring (bicyclic) bond motifs is 1. The van der Waals surface area contributed by atoms with Crippen molar-refractivity contribution in [3.63, 3.8) is 0 Å². The van der Waals surface area contributed by atoms with Gasteiger partial charge in [0.15, 0.2) is 0 Å². The van der Waals surface area contributed by atoms with E-state index in [1.165, 1.54) is 0 Å². The van der Waals surface area contributed by atoms with Crippen LogP contribution in [0.2, 0.25) is 0 Å². The highest BCUT2D eigenvalue weighted by molar-refractivity contribution is 6.07. The lowest BCUT2D eigenvalue weighted by molar-refractivity contribution is 0.0956. The zero-order valence-corrected chi connectivity index (χ0v) is 15.4. The molecule has 136 valence electrons. The molecule has 0 bridgehead atoms. The van der Waals surface area contributed by atoms with Crippen LogP contribution in [0.4, 0.5) is 0 Å². The standard InChI is InChI=1S/C22H22N4O/c1-15-8-10-17(11-9-15)25-26-22(27)19-13-21(16-5-4-12-23-14-16)24-20-7-3-2-6-18(19)20/h2-7,12-15H,8-11H2,1H3,(H,26,27). The molecule has 0 atom stereocenters. The first-order valence-corrected chi connectivity index (χ1v) is 9.36. The molecule has 5 nitrogen and oxygen atoms in total. The molecule has 1 N–H and O–H groups in total. The molecule has 1 aliphatic carbocycles. The van der Waals surface area contributed by atoms with Crippen LogP contribution in [0.5, 0.6) is 0 Å². The minimum Gasteiger partial charge on any atom is -0.267 e. The van der Waals surface area contributed by atoms with Gasteiger partial charge in [-0.2, -0.15) is 5.10 Å². The van der Waals surface area contributed by atoms with Gasteiger partial charge in [0.1, 0.15) is 0 Å². The topological polar surface area (TPSA) is 67.2 Å². The Morgan fingerprint density at radius 3 is 2.74 bits per heavy atom. The van der Waals surface area contributed by atoms with Crippen LogP contribution < -0.4 is 5.43 Å². The number of aromatic nitrogens is 2. The number of carbonyl (C=O) groups is 1. The van der Waals surface area contributed by atoms with E-state index >= 15 is 0 Å². The van der Waals surface area contributed by atoms with Crippen LogP contribution in [-0.2, 0) is 0 Å². The Bertz CT molecular complexity index is 988. The molecule has 0 radical (unpaired) electrons. The number of hydrogen-bond acceptors (Lipinski definition) is 4. The van der Waals surface area contributed by atoms with Gasteiger partial charge >= 0.3 is 0 Å². The fraction of sp³-hybridized carbons (Fsp3) is 0.273. The van der Waals surface area contributed by atoms with E-state index in [2.05, 4.69) is 22.4 Å². The maximum absolute atomic E-state index is 12.9. The molecule has 5 heteroatoms. The van der Waals surface area contributed by atoms with Crippen molar-refractivity contribution in [3.05, 3.63) is 60.4 Å². The minimum absolute atomic E-state index is 0.204. The molecular formula is C22H22N4O. The van der Waals surface area contributed by atoms with Gasteiger partial charge in [-0.15, -0.1) is 0 Å². The summed E-state index contributed by atoms with van der Waals surface area (Å²) in [4.78, 5) is 21.7. The van der Waals surface area contributed by atoms with E-state index in [-0.39, 0.29) is 5.91 Å². The molecule has 1 saturated carbocycles. The van der Waals surface area contributed by atoms with Gasteiger partial charge in [0.25, 0.3) is 5.91 Å². The van der Waals surface area contributed by atoms with Crippen molar-refractivity contribution in [3.8, 4) is 11.3 Å². The molecule has 27 heavy (non-hydrogen) atoms. The van der Waals surface area contributed by atoms with Crippen molar-refractivity contribution >= 4 is 22.5 Å². The highest BCUT2D eigenvalue weighted by atomic mass is 16.2. The van der Waals surface area contributed by atoms with E-state index in [4.69, 9.17) is 4.98 Å². The van der Waals surface area contributed by atoms with Crippen LogP contribution >= 0.6 is 0 Å². The molecule has 4 rings (SSSR count). The summed E-state index contributed by atoms with van der Waals surface area (Å²) in [5.41, 5.74) is 6.80. The third-order valence-electron chi connectivity index (χ3n) is 5.09. The fourth-order valence-corrected chi connectivity index (χ4v) is 3.42. The number of amides is 1. The summed E-state index contributed by atoms with van der Waals surface area (Å²) in [6, 6.07) is 13.3. The SMILES string of the molecule is CC1CCC(=NNC(=O)c2cc(-c3cccnc3)nc3ccccc23)CC1. The van der Waals surface area contributed by atoms with E-state index in [9.17, 15) is 4.79 Å². The Morgan fingerprint density at radius 2 is 1.96 bits per heavy atom. The monoisotopic (exact) mass is 358 g/mol. The van der Waals surface area contributed by atoms with E-state index in [1.807, 2.05) is 42.5 Å². The van der Waals surface area contributed by atoms with Crippen LogP contribution in [0.25, 0.3) is 22.2 Å². The number of hydrazone groups is 1. The molecule has 1 aliphatic rings. The number of nitrogens with zero attached hydrogens (tertiary/aromatic N) is 3. The normalized spacial score (nSPS) is 16.9. The van der Waals surface area contributed by atoms with Crippen molar-refractivity contribution in [2.45, 2.75) is 32.6 Å². The summed E-state index contributed by atoms with van der Waals surface area (Å²) >= 11 is 0. The van der Waals surface area contributed by atoms with Crippen molar-refractivity contribution in [2.75, 3.05) is 0 Å². The van der Waals surface area contributed by atoms with Gasteiger partial charge in [-0.3, -0.25) is 9.78 Å². The van der Waals surface area contributed by atoms with Crippen molar-refractivity contribution in [1.29, 1.82) is 0 Å². The van der Waals surface area contributed by atoms with E-state index in [1.54, 1.807) is 12.4 Å². The third kappa shape index (κ3) is 3.87. The smallest absolute Gasteiger partial charge is 0.267 e. The lowest BCUT2D eigenvalue weighted by atomic mass is 9.90. The summed E-state index contributed by atoms with van der Waals surface area (Å²) in [7, 11) is 0. The average Bonchev–Trinajstić information content (AvgIpc) is 2.73. The van der Waals surface area contributed by atoms with E-state index < -0.39 is 0 Å². The maximum Gasteiger partial charge on any atom is 0.272 e. The molecule has 1 fully saturated rings. The molecule has 3 aromatic rings. The van der Waals surface area contributed by atoms with Crippen molar-refractivity contribution < 1.29 is 4.79 Å². The Labute approximate surface area is 158 Å². The summed E-state index contributed by atoms with van der Waals surface area (Å²) in [6.45, 7) is 2.26. The minimum atomic E-state index is -0.204. The number of pyridine rings is 2. The number of nitrogens with one attached hydrogen (secondary N) is 1. The van der Waals surface area contributed by atoms with Gasteiger partial charge in [0.2, 0.25) is 0 Å². The largest absolute Gasteiger partial charge is 0.272 e. The van der Waals surface area contributed by atoms with Gasteiger partial charge in [0.05, 0.1) is 16.8 Å². The Hall–Kier alpha value is -3.08. The lowest BCUT2D eigenvalue weighted by Crippen LogP contribution is -2.22. The number of para-hydroxylation sites is 1. The number of carbonyl (C=O) groups excluding carboxylic acids is 1. The van der Waals surface area contributed by atoms with Crippen LogP contribution in [0.3, 0.4) is 0 Å². The Balaban J connectivity index is 1.67. The van der Waals surface area contributed by atoms with E-state index in [0.717, 1.165) is 59.5 Å². The van der Waals surface area contributed by atoms with Crippen molar-refractivity contribution in [1.82, 2.24) is 15.4 Å². The molecule has 1 amide bonds. The Kier molecular flexibility index (Phi) is 4.92. The molecule has 0 saturated heterocycles. The maximum atomic E-state index is 12.9. The predicted molar refractivity (Wildman–Crippen MR) is 108 cm³/mol. The van der Waals surface area contributed by atoms with Gasteiger partial charge < -0.3 is 0 Å². The van der Waals surface area contributed by atoms with Crippen molar-refractivity contribution in [2.24, 2.45) is 11.0 Å². The van der Waals surface area contributed by atoms with Gasteiger partial charge in [0, 0.05) is 29.1 Å². The zero-order chi connectivity index (χ0) is 18.6. The summed E-state index contributed by atoms with van der Waals surface area (Å²) in [6.07, 6.45) is 7.66. The number of rotatable bonds is 3. The first-order valence-electron chi connectivity index (χ1n) is 9.36. The molecule has 2 heterocycles. The molecule has 0 spiro atoms. The quantitative estimate of drug-likeness (QED) is 0.696. The molecular weight excluding hydrogens is 336 g/mol. The predicted octanol–water partition coefficient (Wildman–Crippen LogP) is 4.59. The van der Waals surface area contributed by atoms with E-state index in [0.29, 0.717) is 5.56 Å². The molecule has 0 aliphatic heterocycles. The number of benzene rings is 1. The first-order chi connectivity index (χ1) is 13.2. The molecule has 1 aromatic carbocycles. The summed E-state index contributed by atoms with van der Waals surface area (Å²) in [5, 5.41) is 5.21. The van der Waals surface area contributed by atoms with Crippen LogP contribution in [0, 0.1) is 5.92 Å². The summed E-state index contributed by atoms with van der Waals surface area (Å²) < 4.78 is 0. The van der Waals surface area contributed by atoms with Crippen LogP contribution in [0.1, 0.15) is 43.0 Å². The summed E-state index contributed by atoms with van der Waals surface area (Å²) in [5.74, 6) is 0.538. The molecule has 2 aromatic heterocycles. The van der Waals surface area contributed by atoms with Gasteiger partial charge in [-0.25, -0.2) is 10.4 Å². The third-order valence-corrected chi connectivity index (χ3v) is 5.09. The fourth-order valence-electron chi connectivity index (χ4n) is 3.42. The second-order valence-electron chi connectivity index (χ2n) is 7.12. The second kappa shape index (κ2) is 7.66. The highest BCUT2D eigenvalue weighted by Gasteiger charge is 2.16. The lowest BCUT2D eigenvalue weighted by Gasteiger charge is -2.18. The second-order valence-corrected chi connectivity index (χ2v) is 7.12.